The number of aromatic carboxylic acids is 1. The number of ether oxygens (including phenoxy) is 1. The number of benzene rings is 1. The molecule has 0 atom stereocenters. The van der Waals surface area contributed by atoms with Crippen LogP contribution in [0.15, 0.2) is 18.2 Å². The Hall–Kier alpha value is -2.64. The number of rotatable bonds is 7. The fraction of sp³-hybridized carbons (Fsp3) is 0.333. The molecular weight excluding hydrogens is 268 g/mol. The van der Waals surface area contributed by atoms with Crippen LogP contribution in [0.1, 0.15) is 23.7 Å². The largest absolute Gasteiger partial charge is 0.484 e. The van der Waals surface area contributed by atoms with Gasteiger partial charge in [0.2, 0.25) is 0 Å². The number of amides is 1. The van der Waals surface area contributed by atoms with Crippen molar-refractivity contribution >= 4 is 17.6 Å². The second-order valence-corrected chi connectivity index (χ2v) is 3.88. The highest BCUT2D eigenvalue weighted by Gasteiger charge is 2.20. The van der Waals surface area contributed by atoms with E-state index < -0.39 is 22.1 Å². The van der Waals surface area contributed by atoms with Gasteiger partial charge in [0.15, 0.2) is 6.61 Å². The molecule has 0 aromatic heterocycles. The topological polar surface area (TPSA) is 119 Å². The number of nitrogens with one attached hydrogen (secondary N) is 1. The minimum atomic E-state index is -1.43. The Morgan fingerprint density at radius 1 is 1.45 bits per heavy atom. The summed E-state index contributed by atoms with van der Waals surface area (Å²) in [6, 6.07) is 3.30. The van der Waals surface area contributed by atoms with Crippen molar-refractivity contribution in [2.24, 2.45) is 0 Å². The van der Waals surface area contributed by atoms with Crippen molar-refractivity contribution in [2.75, 3.05) is 13.2 Å². The molecule has 0 saturated carbocycles. The normalized spacial score (nSPS) is 9.85. The van der Waals surface area contributed by atoms with Gasteiger partial charge in [0, 0.05) is 18.7 Å². The highest BCUT2D eigenvalue weighted by atomic mass is 16.6. The van der Waals surface area contributed by atoms with Crippen LogP contribution < -0.4 is 10.1 Å². The maximum atomic E-state index is 11.3. The highest BCUT2D eigenvalue weighted by molar-refractivity contribution is 5.92. The number of nitro benzene ring substituents is 1. The average Bonchev–Trinajstić information content (AvgIpc) is 2.42. The van der Waals surface area contributed by atoms with Gasteiger partial charge >= 0.3 is 5.97 Å². The van der Waals surface area contributed by atoms with Gasteiger partial charge in [-0.05, 0) is 12.5 Å². The van der Waals surface area contributed by atoms with E-state index in [1.807, 2.05) is 6.92 Å². The summed E-state index contributed by atoms with van der Waals surface area (Å²) in [5, 5.41) is 22.1. The standard InChI is InChI=1S/C12H14N2O6/c1-2-5-13-11(15)7-20-8-3-4-10(14(18)19)9(6-8)12(16)17/h3-4,6H,2,5,7H2,1H3,(H,13,15)(H,16,17). The molecule has 0 fully saturated rings. The quantitative estimate of drug-likeness (QED) is 0.573. The molecule has 0 aliphatic carbocycles. The third kappa shape index (κ3) is 4.23. The van der Waals surface area contributed by atoms with E-state index in [-0.39, 0.29) is 18.3 Å². The number of carboxylic acids is 1. The summed E-state index contributed by atoms with van der Waals surface area (Å²) in [4.78, 5) is 32.1. The molecule has 108 valence electrons. The monoisotopic (exact) mass is 282 g/mol. The van der Waals surface area contributed by atoms with Crippen molar-refractivity contribution in [2.45, 2.75) is 13.3 Å². The molecule has 0 bridgehead atoms. The van der Waals surface area contributed by atoms with Crippen LogP contribution in [0, 0.1) is 10.1 Å². The van der Waals surface area contributed by atoms with Crippen LogP contribution in [0.25, 0.3) is 0 Å². The summed E-state index contributed by atoms with van der Waals surface area (Å²) in [6.07, 6.45) is 0.784. The first-order chi connectivity index (χ1) is 9.45. The lowest BCUT2D eigenvalue weighted by Crippen LogP contribution is -2.29. The summed E-state index contributed by atoms with van der Waals surface area (Å²) in [5.41, 5.74) is -1.01. The second-order valence-electron chi connectivity index (χ2n) is 3.88. The van der Waals surface area contributed by atoms with E-state index in [2.05, 4.69) is 5.32 Å². The molecule has 0 aliphatic heterocycles. The highest BCUT2D eigenvalue weighted by Crippen LogP contribution is 2.24. The molecule has 20 heavy (non-hydrogen) atoms. The molecule has 0 aliphatic rings. The smallest absolute Gasteiger partial charge is 0.342 e. The van der Waals surface area contributed by atoms with Gasteiger partial charge in [-0.3, -0.25) is 14.9 Å². The summed E-state index contributed by atoms with van der Waals surface area (Å²) in [5.74, 6) is -1.70. The van der Waals surface area contributed by atoms with Gasteiger partial charge in [-0.15, -0.1) is 0 Å². The van der Waals surface area contributed by atoms with Crippen LogP contribution >= 0.6 is 0 Å². The maximum Gasteiger partial charge on any atom is 0.342 e. The molecule has 0 unspecified atom stereocenters. The van der Waals surface area contributed by atoms with Crippen molar-refractivity contribution in [3.05, 3.63) is 33.9 Å². The molecule has 1 amide bonds. The number of carboxylic acid groups (broad SMARTS) is 1. The number of nitrogens with zero attached hydrogens (tertiary/aromatic N) is 1. The summed E-state index contributed by atoms with van der Waals surface area (Å²) in [6.45, 7) is 2.14. The van der Waals surface area contributed by atoms with E-state index in [9.17, 15) is 19.7 Å². The fourth-order valence-corrected chi connectivity index (χ4v) is 1.40. The molecular formula is C12H14N2O6. The van der Waals surface area contributed by atoms with Gasteiger partial charge in [-0.25, -0.2) is 4.79 Å². The molecule has 1 rings (SSSR count). The zero-order chi connectivity index (χ0) is 15.1. The predicted octanol–water partition coefficient (Wildman–Crippen LogP) is 1.20. The van der Waals surface area contributed by atoms with Gasteiger partial charge in [-0.2, -0.15) is 0 Å². The molecule has 0 radical (unpaired) electrons. The molecule has 0 saturated heterocycles. The van der Waals surface area contributed by atoms with Crippen LogP contribution in [-0.2, 0) is 4.79 Å². The Morgan fingerprint density at radius 2 is 2.15 bits per heavy atom. The molecule has 0 spiro atoms. The molecule has 2 N–H and O–H groups in total. The lowest BCUT2D eigenvalue weighted by Gasteiger charge is -2.07. The van der Waals surface area contributed by atoms with Crippen LogP contribution in [0.4, 0.5) is 5.69 Å². The van der Waals surface area contributed by atoms with E-state index in [4.69, 9.17) is 9.84 Å². The van der Waals surface area contributed by atoms with Crippen molar-refractivity contribution in [3.8, 4) is 5.75 Å². The Balaban J connectivity index is 2.77. The van der Waals surface area contributed by atoms with E-state index in [1.165, 1.54) is 6.07 Å². The average molecular weight is 282 g/mol. The molecule has 8 nitrogen and oxygen atoms in total. The number of hydrogen-bond acceptors (Lipinski definition) is 5. The minimum Gasteiger partial charge on any atom is -0.484 e. The Labute approximate surface area is 114 Å². The van der Waals surface area contributed by atoms with Crippen LogP contribution in [0.2, 0.25) is 0 Å². The number of nitro groups is 1. The van der Waals surface area contributed by atoms with Gasteiger partial charge in [-0.1, -0.05) is 6.92 Å². The van der Waals surface area contributed by atoms with E-state index in [0.29, 0.717) is 6.54 Å². The van der Waals surface area contributed by atoms with Gasteiger partial charge in [0.25, 0.3) is 11.6 Å². The first-order valence-electron chi connectivity index (χ1n) is 5.87. The van der Waals surface area contributed by atoms with Gasteiger partial charge < -0.3 is 15.2 Å². The number of carbonyl (C=O) groups is 2. The molecule has 1 aromatic rings. The third-order valence-electron chi connectivity index (χ3n) is 2.34. The fourth-order valence-electron chi connectivity index (χ4n) is 1.40. The van der Waals surface area contributed by atoms with Crippen LogP contribution in [0.3, 0.4) is 0 Å². The maximum absolute atomic E-state index is 11.3. The predicted molar refractivity (Wildman–Crippen MR) is 68.9 cm³/mol. The zero-order valence-electron chi connectivity index (χ0n) is 10.8. The van der Waals surface area contributed by atoms with E-state index in [1.54, 1.807) is 0 Å². The lowest BCUT2D eigenvalue weighted by atomic mass is 10.1. The van der Waals surface area contributed by atoms with Crippen molar-refractivity contribution in [3.63, 3.8) is 0 Å². The Kier molecular flexibility index (Phi) is 5.45. The van der Waals surface area contributed by atoms with Gasteiger partial charge in [0.1, 0.15) is 11.3 Å². The second kappa shape index (κ2) is 7.07. The summed E-state index contributed by atoms with van der Waals surface area (Å²) < 4.78 is 5.09. The van der Waals surface area contributed by atoms with E-state index >= 15 is 0 Å². The first-order valence-corrected chi connectivity index (χ1v) is 5.87. The zero-order valence-corrected chi connectivity index (χ0v) is 10.8. The minimum absolute atomic E-state index is 0.0830. The Bertz CT molecular complexity index is 529. The van der Waals surface area contributed by atoms with Crippen LogP contribution in [-0.4, -0.2) is 35.1 Å². The Morgan fingerprint density at radius 3 is 2.70 bits per heavy atom. The number of hydrogen-bond donors (Lipinski definition) is 2. The summed E-state index contributed by atoms with van der Waals surface area (Å²) in [7, 11) is 0. The molecule has 0 heterocycles. The van der Waals surface area contributed by atoms with E-state index in [0.717, 1.165) is 18.6 Å². The van der Waals surface area contributed by atoms with Crippen molar-refractivity contribution in [1.29, 1.82) is 0 Å². The van der Waals surface area contributed by atoms with Crippen molar-refractivity contribution in [1.82, 2.24) is 5.32 Å². The van der Waals surface area contributed by atoms with Crippen LogP contribution in [0.5, 0.6) is 5.75 Å². The number of carbonyl (C=O) groups excluding carboxylic acids is 1. The summed E-state index contributed by atoms with van der Waals surface area (Å²) >= 11 is 0. The SMILES string of the molecule is CCCNC(=O)COc1ccc([N+](=O)[O-])c(C(=O)O)c1. The van der Waals surface area contributed by atoms with Gasteiger partial charge in [0.05, 0.1) is 4.92 Å². The molecule has 1 aromatic carbocycles. The van der Waals surface area contributed by atoms with Crippen molar-refractivity contribution < 1.29 is 24.4 Å². The first kappa shape index (κ1) is 15.4. The molecule has 8 heteroatoms. The third-order valence-corrected chi connectivity index (χ3v) is 2.34. The lowest BCUT2D eigenvalue weighted by molar-refractivity contribution is -0.385.